The quantitative estimate of drug-likeness (QED) is 0.791. The molecular weight excluding hydrogens is 192 g/mol. The number of rotatable bonds is 4. The van der Waals surface area contributed by atoms with Crippen LogP contribution in [0, 0.1) is 0 Å². The normalized spacial score (nSPS) is 16.6. The lowest BCUT2D eigenvalue weighted by Gasteiger charge is -2.04. The van der Waals surface area contributed by atoms with Gasteiger partial charge in [-0.15, -0.1) is 5.10 Å². The van der Waals surface area contributed by atoms with Crippen LogP contribution in [0.5, 0.6) is 0 Å². The molecule has 1 N–H and O–H groups in total. The van der Waals surface area contributed by atoms with E-state index in [-0.39, 0.29) is 12.5 Å². The fraction of sp³-hybridized carbons (Fsp3) is 0.750. The third-order valence-corrected chi connectivity index (χ3v) is 2.27. The highest BCUT2D eigenvalue weighted by molar-refractivity contribution is 5.19. The Kier molecular flexibility index (Phi) is 2.45. The number of aliphatic hydroxyl groups excluding tert-OH is 1. The van der Waals surface area contributed by atoms with E-state index < -0.39 is 13.0 Å². The summed E-state index contributed by atoms with van der Waals surface area (Å²) in [5.74, 6) is 0.269. The minimum absolute atomic E-state index is 0.227. The number of alkyl halides is 2. The van der Waals surface area contributed by atoms with E-state index in [0.717, 1.165) is 12.8 Å². The van der Waals surface area contributed by atoms with Gasteiger partial charge >= 0.3 is 0 Å². The van der Waals surface area contributed by atoms with Gasteiger partial charge < -0.3 is 5.11 Å². The lowest BCUT2D eigenvalue weighted by molar-refractivity contribution is 0.119. The Morgan fingerprint density at radius 1 is 1.50 bits per heavy atom. The van der Waals surface area contributed by atoms with Crippen LogP contribution < -0.4 is 0 Å². The van der Waals surface area contributed by atoms with Crippen LogP contribution in [0.2, 0.25) is 0 Å². The molecule has 0 unspecified atom stereocenters. The summed E-state index contributed by atoms with van der Waals surface area (Å²) < 4.78 is 25.5. The molecule has 0 atom stereocenters. The third kappa shape index (κ3) is 1.75. The molecule has 4 nitrogen and oxygen atoms in total. The first kappa shape index (κ1) is 9.51. The van der Waals surface area contributed by atoms with Crippen molar-refractivity contribution >= 4 is 0 Å². The average molecular weight is 203 g/mol. The Hall–Kier alpha value is -1.04. The van der Waals surface area contributed by atoms with Gasteiger partial charge in [0, 0.05) is 5.92 Å². The number of halogens is 2. The Balaban J connectivity index is 2.25. The molecule has 1 heterocycles. The second-order valence-electron chi connectivity index (χ2n) is 3.43. The highest BCUT2D eigenvalue weighted by Crippen LogP contribution is 2.41. The fourth-order valence-corrected chi connectivity index (χ4v) is 1.54. The Labute approximate surface area is 79.5 Å². The van der Waals surface area contributed by atoms with Gasteiger partial charge in [-0.25, -0.2) is 13.5 Å². The van der Waals surface area contributed by atoms with Crippen molar-refractivity contribution in [2.45, 2.75) is 38.3 Å². The van der Waals surface area contributed by atoms with Crippen LogP contribution in [-0.4, -0.2) is 26.5 Å². The van der Waals surface area contributed by atoms with Gasteiger partial charge in [0.1, 0.15) is 12.2 Å². The summed E-state index contributed by atoms with van der Waals surface area (Å²) in [5, 5.41) is 16.2. The van der Waals surface area contributed by atoms with E-state index in [2.05, 4.69) is 10.3 Å². The molecule has 1 aromatic heterocycles. The summed E-state index contributed by atoms with van der Waals surface area (Å²) in [6, 6.07) is 0. The molecule has 1 saturated carbocycles. The van der Waals surface area contributed by atoms with E-state index >= 15 is 0 Å². The molecule has 1 fully saturated rings. The highest BCUT2D eigenvalue weighted by Gasteiger charge is 2.31. The lowest BCUT2D eigenvalue weighted by atomic mass is 10.2. The van der Waals surface area contributed by atoms with E-state index in [9.17, 15) is 8.78 Å². The number of nitrogens with zero attached hydrogens (tertiary/aromatic N) is 3. The van der Waals surface area contributed by atoms with E-state index in [4.69, 9.17) is 5.11 Å². The van der Waals surface area contributed by atoms with Crippen molar-refractivity contribution in [1.82, 2.24) is 15.0 Å². The van der Waals surface area contributed by atoms with Crippen LogP contribution in [-0.2, 0) is 13.2 Å². The van der Waals surface area contributed by atoms with E-state index in [1.165, 1.54) is 4.68 Å². The zero-order valence-electron chi connectivity index (χ0n) is 7.53. The molecular formula is C8H11F2N3O. The summed E-state index contributed by atoms with van der Waals surface area (Å²) in [6.45, 7) is -0.659. The monoisotopic (exact) mass is 203 g/mol. The smallest absolute Gasteiger partial charge is 0.257 e. The second kappa shape index (κ2) is 3.61. The first-order valence-electron chi connectivity index (χ1n) is 4.53. The molecule has 0 aromatic carbocycles. The van der Waals surface area contributed by atoms with E-state index in [0.29, 0.717) is 11.4 Å². The van der Waals surface area contributed by atoms with Gasteiger partial charge in [-0.05, 0) is 12.8 Å². The second-order valence-corrected chi connectivity index (χ2v) is 3.43. The zero-order chi connectivity index (χ0) is 10.1. The molecule has 0 aliphatic heterocycles. The largest absolute Gasteiger partial charge is 0.390 e. The van der Waals surface area contributed by atoms with Crippen molar-refractivity contribution in [3.05, 3.63) is 11.4 Å². The summed E-state index contributed by atoms with van der Waals surface area (Å²) in [4.78, 5) is 0. The topological polar surface area (TPSA) is 50.9 Å². The van der Waals surface area contributed by atoms with Crippen molar-refractivity contribution < 1.29 is 13.9 Å². The number of hydrogen-bond donors (Lipinski definition) is 1. The Morgan fingerprint density at radius 3 is 2.71 bits per heavy atom. The van der Waals surface area contributed by atoms with Crippen LogP contribution in [0.25, 0.3) is 0 Å². The van der Waals surface area contributed by atoms with Crippen molar-refractivity contribution in [2.75, 3.05) is 0 Å². The maximum atomic E-state index is 12.1. The van der Waals surface area contributed by atoms with Gasteiger partial charge in [0.2, 0.25) is 0 Å². The highest BCUT2D eigenvalue weighted by atomic mass is 19.3. The number of aromatic nitrogens is 3. The maximum absolute atomic E-state index is 12.1. The number of hydrogen-bond acceptors (Lipinski definition) is 3. The van der Waals surface area contributed by atoms with E-state index in [1.54, 1.807) is 0 Å². The molecule has 0 saturated heterocycles. The standard InChI is InChI=1S/C8H11F2N3O/c9-7(10)3-13-8(5-1-2-5)6(4-14)11-12-13/h5,7,14H,1-4H2. The van der Waals surface area contributed by atoms with Crippen LogP contribution >= 0.6 is 0 Å². The van der Waals surface area contributed by atoms with Crippen molar-refractivity contribution in [1.29, 1.82) is 0 Å². The first-order valence-corrected chi connectivity index (χ1v) is 4.53. The van der Waals surface area contributed by atoms with Gasteiger partial charge in [-0.2, -0.15) is 0 Å². The average Bonchev–Trinajstić information content (AvgIpc) is 2.88. The Morgan fingerprint density at radius 2 is 2.21 bits per heavy atom. The van der Waals surface area contributed by atoms with Gasteiger partial charge in [0.15, 0.2) is 0 Å². The number of aliphatic hydroxyl groups is 1. The van der Waals surface area contributed by atoms with Gasteiger partial charge in [-0.3, -0.25) is 0 Å². The molecule has 0 amide bonds. The van der Waals surface area contributed by atoms with Crippen molar-refractivity contribution in [2.24, 2.45) is 0 Å². The zero-order valence-corrected chi connectivity index (χ0v) is 7.53. The molecule has 0 bridgehead atoms. The molecule has 14 heavy (non-hydrogen) atoms. The molecule has 1 aliphatic rings. The van der Waals surface area contributed by atoms with E-state index in [1.807, 2.05) is 0 Å². The fourth-order valence-electron chi connectivity index (χ4n) is 1.54. The van der Waals surface area contributed by atoms with Crippen molar-refractivity contribution in [3.8, 4) is 0 Å². The summed E-state index contributed by atoms with van der Waals surface area (Å²) in [7, 11) is 0. The van der Waals surface area contributed by atoms with Crippen LogP contribution in [0.1, 0.15) is 30.1 Å². The minimum atomic E-state index is -2.43. The minimum Gasteiger partial charge on any atom is -0.390 e. The molecule has 1 aliphatic carbocycles. The van der Waals surface area contributed by atoms with Crippen LogP contribution in [0.15, 0.2) is 0 Å². The SMILES string of the molecule is OCc1nnn(CC(F)F)c1C1CC1. The maximum Gasteiger partial charge on any atom is 0.257 e. The summed E-state index contributed by atoms with van der Waals surface area (Å²) >= 11 is 0. The first-order chi connectivity index (χ1) is 6.72. The van der Waals surface area contributed by atoms with Crippen LogP contribution in [0.3, 0.4) is 0 Å². The third-order valence-electron chi connectivity index (χ3n) is 2.27. The van der Waals surface area contributed by atoms with Gasteiger partial charge in [0.05, 0.1) is 12.3 Å². The Bertz CT molecular complexity index is 322. The van der Waals surface area contributed by atoms with Crippen molar-refractivity contribution in [3.63, 3.8) is 0 Å². The molecule has 2 rings (SSSR count). The van der Waals surface area contributed by atoms with Gasteiger partial charge in [0.25, 0.3) is 6.43 Å². The lowest BCUT2D eigenvalue weighted by Crippen LogP contribution is -2.11. The van der Waals surface area contributed by atoms with Gasteiger partial charge in [-0.1, -0.05) is 5.21 Å². The molecule has 78 valence electrons. The predicted molar refractivity (Wildman–Crippen MR) is 43.9 cm³/mol. The molecule has 0 spiro atoms. The summed E-state index contributed by atoms with van der Waals surface area (Å²) in [5.41, 5.74) is 1.13. The molecule has 1 aromatic rings. The predicted octanol–water partition coefficient (Wildman–Crippen LogP) is 0.913. The summed E-state index contributed by atoms with van der Waals surface area (Å²) in [6.07, 6.45) is -0.478. The van der Waals surface area contributed by atoms with Crippen LogP contribution in [0.4, 0.5) is 8.78 Å². The molecule has 6 heteroatoms. The molecule has 0 radical (unpaired) electrons.